The van der Waals surface area contributed by atoms with Crippen molar-refractivity contribution in [2.45, 2.75) is 69.0 Å². The van der Waals surface area contributed by atoms with E-state index >= 15 is 0 Å². The highest BCUT2D eigenvalue weighted by molar-refractivity contribution is 7.98. The molecule has 3 aromatic carbocycles. The average Bonchev–Trinajstić information content (AvgIpc) is 3.04. The van der Waals surface area contributed by atoms with Gasteiger partial charge in [-0.1, -0.05) is 38.1 Å². The van der Waals surface area contributed by atoms with E-state index in [4.69, 9.17) is 9.47 Å². The molecule has 0 spiro atoms. The highest BCUT2D eigenvalue weighted by Crippen LogP contribution is 2.33. The summed E-state index contributed by atoms with van der Waals surface area (Å²) in [6.45, 7) is 7.37. The lowest BCUT2D eigenvalue weighted by molar-refractivity contribution is -0.140. The fraction of sp³-hybridized carbons (Fsp3) is 0.394. The zero-order valence-corrected chi connectivity index (χ0v) is 27.9. The molecule has 2 amide bonds. The molecule has 44 heavy (non-hydrogen) atoms. The van der Waals surface area contributed by atoms with Gasteiger partial charge in [-0.05, 0) is 87.0 Å². The van der Waals surface area contributed by atoms with Gasteiger partial charge in [0.25, 0.3) is 10.0 Å². The lowest BCUT2D eigenvalue weighted by Gasteiger charge is -2.34. The van der Waals surface area contributed by atoms with Gasteiger partial charge in [0.15, 0.2) is 0 Å². The number of sulfonamides is 1. The minimum Gasteiger partial charge on any atom is -0.497 e. The highest BCUT2D eigenvalue weighted by Gasteiger charge is 2.35. The summed E-state index contributed by atoms with van der Waals surface area (Å²) in [6, 6.07) is 19.6. The first-order valence-electron chi connectivity index (χ1n) is 14.7. The molecule has 3 aromatic rings. The number of para-hydroxylation sites is 2. The molecule has 0 aliphatic rings. The molecule has 238 valence electrons. The van der Waals surface area contributed by atoms with Crippen LogP contribution in [-0.2, 0) is 26.2 Å². The molecule has 0 bridgehead atoms. The number of nitrogens with one attached hydrogen (secondary N) is 1. The lowest BCUT2D eigenvalue weighted by Crippen LogP contribution is -2.53. The molecular weight excluding hydrogens is 599 g/mol. The van der Waals surface area contributed by atoms with Gasteiger partial charge in [-0.15, -0.1) is 11.8 Å². The molecule has 2 unspecified atom stereocenters. The molecule has 0 aliphatic heterocycles. The molecule has 9 nitrogen and oxygen atoms in total. The molecular formula is C33H43N3O6S2. The molecule has 0 aliphatic carbocycles. The summed E-state index contributed by atoms with van der Waals surface area (Å²) >= 11 is 1.50. The molecule has 0 saturated heterocycles. The number of rotatable bonds is 16. The van der Waals surface area contributed by atoms with Crippen molar-refractivity contribution in [1.82, 2.24) is 10.2 Å². The monoisotopic (exact) mass is 641 g/mol. The first-order valence-corrected chi connectivity index (χ1v) is 17.4. The fourth-order valence-electron chi connectivity index (χ4n) is 4.62. The van der Waals surface area contributed by atoms with Crippen LogP contribution in [0, 0.1) is 0 Å². The van der Waals surface area contributed by atoms with Crippen molar-refractivity contribution in [3.63, 3.8) is 0 Å². The number of nitrogens with zero attached hydrogens (tertiary/aromatic N) is 2. The Hall–Kier alpha value is -3.70. The number of methoxy groups -OCH3 is 1. The second-order valence-electron chi connectivity index (χ2n) is 10.2. The average molecular weight is 642 g/mol. The number of thioether (sulfide) groups is 1. The smallest absolute Gasteiger partial charge is 0.264 e. The molecule has 0 radical (unpaired) electrons. The maximum absolute atomic E-state index is 14.3. The summed E-state index contributed by atoms with van der Waals surface area (Å²) in [5.41, 5.74) is 1.00. The van der Waals surface area contributed by atoms with Crippen LogP contribution < -0.4 is 19.1 Å². The van der Waals surface area contributed by atoms with Gasteiger partial charge in [-0.3, -0.25) is 13.9 Å². The summed E-state index contributed by atoms with van der Waals surface area (Å²) < 4.78 is 40.6. The van der Waals surface area contributed by atoms with Crippen molar-refractivity contribution in [3.05, 3.63) is 78.4 Å². The van der Waals surface area contributed by atoms with Gasteiger partial charge < -0.3 is 19.7 Å². The Morgan fingerprint density at radius 3 is 2.16 bits per heavy atom. The summed E-state index contributed by atoms with van der Waals surface area (Å²) in [5.74, 6) is 0.170. The van der Waals surface area contributed by atoms with E-state index in [2.05, 4.69) is 5.32 Å². The van der Waals surface area contributed by atoms with Gasteiger partial charge in [0.05, 0.1) is 24.3 Å². The zero-order valence-electron chi connectivity index (χ0n) is 26.3. The first kappa shape index (κ1) is 34.8. The third kappa shape index (κ3) is 8.69. The van der Waals surface area contributed by atoms with E-state index in [1.165, 1.54) is 28.8 Å². The van der Waals surface area contributed by atoms with Crippen molar-refractivity contribution in [2.75, 3.05) is 30.8 Å². The number of carbonyl (C=O) groups is 2. The third-order valence-electron chi connectivity index (χ3n) is 7.26. The molecule has 3 rings (SSSR count). The van der Waals surface area contributed by atoms with Crippen LogP contribution in [0.5, 0.6) is 11.5 Å². The molecule has 0 fully saturated rings. The van der Waals surface area contributed by atoms with Gasteiger partial charge in [0.1, 0.15) is 24.1 Å². The molecule has 2 atom stereocenters. The van der Waals surface area contributed by atoms with Crippen molar-refractivity contribution >= 4 is 39.3 Å². The van der Waals surface area contributed by atoms with Crippen molar-refractivity contribution < 1.29 is 27.5 Å². The van der Waals surface area contributed by atoms with E-state index < -0.39 is 28.5 Å². The Bertz CT molecular complexity index is 1480. The topological polar surface area (TPSA) is 105 Å². The van der Waals surface area contributed by atoms with Crippen LogP contribution in [0.3, 0.4) is 0 Å². The van der Waals surface area contributed by atoms with Crippen LogP contribution in [0.15, 0.2) is 82.6 Å². The van der Waals surface area contributed by atoms with Gasteiger partial charge in [0.2, 0.25) is 11.8 Å². The van der Waals surface area contributed by atoms with Crippen LogP contribution in [0.1, 0.15) is 46.1 Å². The quantitative estimate of drug-likeness (QED) is 0.199. The minimum absolute atomic E-state index is 0.0395. The van der Waals surface area contributed by atoms with E-state index in [0.717, 1.165) is 21.2 Å². The minimum atomic E-state index is -4.23. The summed E-state index contributed by atoms with van der Waals surface area (Å²) in [6.07, 6.45) is 2.97. The van der Waals surface area contributed by atoms with E-state index in [-0.39, 0.29) is 29.1 Å². The number of carbonyl (C=O) groups excluding carboxylic acids is 2. The largest absolute Gasteiger partial charge is 0.497 e. The SMILES string of the molecule is CCOc1ccccc1N(CC(=O)N(Cc1ccc(OC)cc1)C(CC)C(=O)NC(C)CC)S(=O)(=O)c1ccc(SC)cc1. The molecule has 0 saturated carbocycles. The van der Waals surface area contributed by atoms with E-state index in [1.54, 1.807) is 62.6 Å². The van der Waals surface area contributed by atoms with Gasteiger partial charge in [0, 0.05) is 17.5 Å². The number of amides is 2. The Morgan fingerprint density at radius 1 is 0.932 bits per heavy atom. The van der Waals surface area contributed by atoms with Crippen LogP contribution in [0.2, 0.25) is 0 Å². The maximum Gasteiger partial charge on any atom is 0.264 e. The second-order valence-corrected chi connectivity index (χ2v) is 12.9. The Kier molecular flexibility index (Phi) is 13.0. The number of hydrogen-bond donors (Lipinski definition) is 1. The predicted octanol–water partition coefficient (Wildman–Crippen LogP) is 5.73. The van der Waals surface area contributed by atoms with Gasteiger partial charge in [-0.25, -0.2) is 8.42 Å². The van der Waals surface area contributed by atoms with Crippen LogP contribution in [0.4, 0.5) is 5.69 Å². The van der Waals surface area contributed by atoms with Crippen LogP contribution >= 0.6 is 11.8 Å². The van der Waals surface area contributed by atoms with Crippen molar-refractivity contribution in [3.8, 4) is 11.5 Å². The van der Waals surface area contributed by atoms with E-state index in [1.807, 2.05) is 39.2 Å². The molecule has 11 heteroatoms. The number of anilines is 1. The molecule has 0 heterocycles. The first-order chi connectivity index (χ1) is 21.1. The third-order valence-corrected chi connectivity index (χ3v) is 9.78. The van der Waals surface area contributed by atoms with Crippen LogP contribution in [0.25, 0.3) is 0 Å². The summed E-state index contributed by atoms with van der Waals surface area (Å²) in [5, 5.41) is 2.99. The lowest BCUT2D eigenvalue weighted by atomic mass is 10.1. The van der Waals surface area contributed by atoms with Gasteiger partial charge in [-0.2, -0.15) is 0 Å². The number of benzene rings is 3. The van der Waals surface area contributed by atoms with Crippen molar-refractivity contribution in [2.24, 2.45) is 0 Å². The molecule has 0 aromatic heterocycles. The van der Waals surface area contributed by atoms with Crippen LogP contribution in [-0.4, -0.2) is 63.7 Å². The fourth-order valence-corrected chi connectivity index (χ4v) is 6.45. The predicted molar refractivity (Wildman–Crippen MR) is 176 cm³/mol. The second kappa shape index (κ2) is 16.4. The Morgan fingerprint density at radius 2 is 1.59 bits per heavy atom. The standard InChI is InChI=1S/C33H43N3O6S2/c1-7-24(4)34-33(38)29(8-2)35(22-25-14-16-26(41-5)17-15-25)32(37)23-36(30-12-10-11-13-31(30)42-9-3)44(39,40)28-20-18-27(43-6)19-21-28/h10-21,24,29H,7-9,22-23H2,1-6H3,(H,34,38). The highest BCUT2D eigenvalue weighted by atomic mass is 32.2. The zero-order chi connectivity index (χ0) is 32.3. The number of hydrogen-bond acceptors (Lipinski definition) is 7. The van der Waals surface area contributed by atoms with E-state index in [0.29, 0.717) is 24.5 Å². The summed E-state index contributed by atoms with van der Waals surface area (Å²) in [4.78, 5) is 30.2. The van der Waals surface area contributed by atoms with E-state index in [9.17, 15) is 18.0 Å². The summed E-state index contributed by atoms with van der Waals surface area (Å²) in [7, 11) is -2.66. The Balaban J connectivity index is 2.11. The Labute approximate surface area is 266 Å². The molecule has 1 N–H and O–H groups in total. The normalized spacial score (nSPS) is 12.6. The van der Waals surface area contributed by atoms with Crippen molar-refractivity contribution in [1.29, 1.82) is 0 Å². The number of ether oxygens (including phenoxy) is 2. The maximum atomic E-state index is 14.3. The van der Waals surface area contributed by atoms with Gasteiger partial charge >= 0.3 is 0 Å².